The van der Waals surface area contributed by atoms with E-state index in [-0.39, 0.29) is 11.6 Å². The van der Waals surface area contributed by atoms with Crippen molar-refractivity contribution in [2.45, 2.75) is 20.3 Å². The first kappa shape index (κ1) is 17.3. The Balaban J connectivity index is 1.97. The molecule has 0 aliphatic carbocycles. The van der Waals surface area contributed by atoms with Crippen molar-refractivity contribution in [3.8, 4) is 10.6 Å². The molecule has 2 rings (SSSR count). The number of rotatable bonds is 6. The summed E-state index contributed by atoms with van der Waals surface area (Å²) in [6.45, 7) is 5.56. The fraction of sp³-hybridized carbons (Fsp3) is 0.375. The lowest BCUT2D eigenvalue weighted by atomic mass is 10.2. The predicted molar refractivity (Wildman–Crippen MR) is 87.5 cm³/mol. The van der Waals surface area contributed by atoms with Crippen LogP contribution in [0.15, 0.2) is 23.6 Å². The summed E-state index contributed by atoms with van der Waals surface area (Å²) < 4.78 is 27.5. The van der Waals surface area contributed by atoms with Crippen LogP contribution in [0.1, 0.15) is 19.5 Å². The minimum Gasteiger partial charge on any atom is -0.338 e. The molecule has 2 amide bonds. The molecule has 124 valence electrons. The lowest BCUT2D eigenvalue weighted by Gasteiger charge is -2.18. The van der Waals surface area contributed by atoms with Crippen LogP contribution in [-0.2, 0) is 6.42 Å². The Bertz CT molecular complexity index is 651. The van der Waals surface area contributed by atoms with Crippen molar-refractivity contribution >= 4 is 17.4 Å². The number of carbonyl (C=O) groups is 1. The van der Waals surface area contributed by atoms with E-state index in [9.17, 15) is 13.6 Å². The molecule has 23 heavy (non-hydrogen) atoms. The number of thiazole rings is 1. The molecule has 1 aromatic heterocycles. The van der Waals surface area contributed by atoms with Gasteiger partial charge in [0.15, 0.2) is 0 Å². The summed E-state index contributed by atoms with van der Waals surface area (Å²) in [5, 5.41) is 4.87. The Morgan fingerprint density at radius 3 is 2.52 bits per heavy atom. The molecule has 0 aliphatic heterocycles. The molecule has 7 heteroatoms. The van der Waals surface area contributed by atoms with E-state index in [1.807, 2.05) is 13.8 Å². The lowest BCUT2D eigenvalue weighted by molar-refractivity contribution is 0.203. The average molecular weight is 339 g/mol. The molecule has 0 unspecified atom stereocenters. The van der Waals surface area contributed by atoms with Gasteiger partial charge < -0.3 is 10.2 Å². The maximum atomic E-state index is 13.7. The van der Waals surface area contributed by atoms with Gasteiger partial charge in [-0.1, -0.05) is 6.07 Å². The monoisotopic (exact) mass is 339 g/mol. The molecule has 4 nitrogen and oxygen atoms in total. The molecule has 1 heterocycles. The summed E-state index contributed by atoms with van der Waals surface area (Å²) >= 11 is 1.19. The van der Waals surface area contributed by atoms with Gasteiger partial charge >= 0.3 is 6.03 Å². The smallest absolute Gasteiger partial charge is 0.317 e. The van der Waals surface area contributed by atoms with Crippen molar-refractivity contribution < 1.29 is 13.6 Å². The van der Waals surface area contributed by atoms with E-state index in [0.717, 1.165) is 0 Å². The van der Waals surface area contributed by atoms with Crippen LogP contribution in [0, 0.1) is 11.6 Å². The summed E-state index contributed by atoms with van der Waals surface area (Å²) in [5.74, 6) is -1.25. The van der Waals surface area contributed by atoms with Crippen molar-refractivity contribution in [1.29, 1.82) is 0 Å². The highest BCUT2D eigenvalue weighted by molar-refractivity contribution is 7.13. The fourth-order valence-corrected chi connectivity index (χ4v) is 3.06. The van der Waals surface area contributed by atoms with Gasteiger partial charge in [-0.3, -0.25) is 0 Å². The van der Waals surface area contributed by atoms with Crippen LogP contribution in [-0.4, -0.2) is 35.5 Å². The van der Waals surface area contributed by atoms with Crippen molar-refractivity contribution in [1.82, 2.24) is 15.2 Å². The Labute approximate surface area is 138 Å². The maximum absolute atomic E-state index is 13.7. The summed E-state index contributed by atoms with van der Waals surface area (Å²) in [7, 11) is 0. The Kier molecular flexibility index (Phi) is 6.04. The molecule has 0 aliphatic rings. The second-order valence-corrected chi connectivity index (χ2v) is 5.75. The van der Waals surface area contributed by atoms with E-state index < -0.39 is 11.6 Å². The first-order valence-electron chi connectivity index (χ1n) is 7.48. The van der Waals surface area contributed by atoms with Gasteiger partial charge in [0, 0.05) is 31.4 Å². The summed E-state index contributed by atoms with van der Waals surface area (Å²) in [5.41, 5.74) is 0.600. The minimum atomic E-state index is -0.624. The molecule has 1 aromatic carbocycles. The number of aromatic nitrogens is 1. The van der Waals surface area contributed by atoms with Crippen molar-refractivity contribution in [3.05, 3.63) is 40.9 Å². The summed E-state index contributed by atoms with van der Waals surface area (Å²) in [6, 6.07) is 3.63. The van der Waals surface area contributed by atoms with Gasteiger partial charge in [-0.15, -0.1) is 11.3 Å². The van der Waals surface area contributed by atoms with Crippen LogP contribution in [0.5, 0.6) is 0 Å². The number of hydrogen-bond donors (Lipinski definition) is 1. The number of carbonyl (C=O) groups excluding carboxylic acids is 1. The van der Waals surface area contributed by atoms with Gasteiger partial charge in [-0.05, 0) is 26.0 Å². The highest BCUT2D eigenvalue weighted by atomic mass is 32.1. The Morgan fingerprint density at radius 1 is 1.26 bits per heavy atom. The van der Waals surface area contributed by atoms with Crippen LogP contribution in [0.2, 0.25) is 0 Å². The van der Waals surface area contributed by atoms with E-state index in [4.69, 9.17) is 0 Å². The van der Waals surface area contributed by atoms with Crippen molar-refractivity contribution in [2.75, 3.05) is 19.6 Å². The van der Waals surface area contributed by atoms with E-state index in [0.29, 0.717) is 36.8 Å². The molecule has 0 atom stereocenters. The van der Waals surface area contributed by atoms with Crippen LogP contribution >= 0.6 is 11.3 Å². The molecule has 0 fully saturated rings. The van der Waals surface area contributed by atoms with E-state index >= 15 is 0 Å². The third kappa shape index (κ3) is 4.25. The number of nitrogens with zero attached hydrogens (tertiary/aromatic N) is 2. The summed E-state index contributed by atoms with van der Waals surface area (Å²) in [6.07, 6.45) is 0.513. The van der Waals surface area contributed by atoms with Gasteiger partial charge in [0.05, 0.1) is 11.3 Å². The molecular formula is C16H19F2N3OS. The maximum Gasteiger partial charge on any atom is 0.317 e. The number of hydrogen-bond acceptors (Lipinski definition) is 3. The molecule has 0 saturated carbocycles. The molecule has 0 saturated heterocycles. The van der Waals surface area contributed by atoms with Gasteiger partial charge in [0.2, 0.25) is 0 Å². The highest BCUT2D eigenvalue weighted by Gasteiger charge is 2.15. The molecule has 1 N–H and O–H groups in total. The van der Waals surface area contributed by atoms with Crippen molar-refractivity contribution in [3.63, 3.8) is 0 Å². The average Bonchev–Trinajstić information content (AvgIpc) is 2.97. The molecule has 0 bridgehead atoms. The predicted octanol–water partition coefficient (Wildman–Crippen LogP) is 3.68. The number of benzene rings is 1. The van der Waals surface area contributed by atoms with Crippen LogP contribution in [0.4, 0.5) is 13.6 Å². The SMILES string of the molecule is CCN(CC)C(=O)NCCc1csc(-c2c(F)cccc2F)n1. The third-order valence-electron chi connectivity index (χ3n) is 3.44. The second kappa shape index (κ2) is 8.01. The van der Waals surface area contributed by atoms with E-state index in [1.54, 1.807) is 10.3 Å². The Morgan fingerprint density at radius 2 is 1.91 bits per heavy atom. The zero-order valence-electron chi connectivity index (χ0n) is 13.1. The van der Waals surface area contributed by atoms with Crippen molar-refractivity contribution in [2.24, 2.45) is 0 Å². The first-order valence-corrected chi connectivity index (χ1v) is 8.36. The van der Waals surface area contributed by atoms with E-state index in [2.05, 4.69) is 10.3 Å². The van der Waals surface area contributed by atoms with Crippen LogP contribution in [0.3, 0.4) is 0 Å². The first-order chi connectivity index (χ1) is 11.1. The number of amides is 2. The highest BCUT2D eigenvalue weighted by Crippen LogP contribution is 2.28. The zero-order valence-corrected chi connectivity index (χ0v) is 13.9. The largest absolute Gasteiger partial charge is 0.338 e. The van der Waals surface area contributed by atoms with Gasteiger partial charge in [-0.25, -0.2) is 18.6 Å². The van der Waals surface area contributed by atoms with E-state index in [1.165, 1.54) is 29.5 Å². The summed E-state index contributed by atoms with van der Waals surface area (Å²) in [4.78, 5) is 17.7. The number of halogens is 2. The third-order valence-corrected chi connectivity index (χ3v) is 4.34. The number of nitrogens with one attached hydrogen (secondary N) is 1. The van der Waals surface area contributed by atoms with Gasteiger partial charge in [-0.2, -0.15) is 0 Å². The molecular weight excluding hydrogens is 320 g/mol. The topological polar surface area (TPSA) is 45.2 Å². The zero-order chi connectivity index (χ0) is 16.8. The molecule has 0 radical (unpaired) electrons. The van der Waals surface area contributed by atoms with Gasteiger partial charge in [0.25, 0.3) is 0 Å². The number of urea groups is 1. The quantitative estimate of drug-likeness (QED) is 0.872. The fourth-order valence-electron chi connectivity index (χ4n) is 2.16. The normalized spacial score (nSPS) is 10.6. The second-order valence-electron chi connectivity index (χ2n) is 4.89. The standard InChI is InChI=1S/C16H19F2N3OS/c1-3-21(4-2)16(22)19-9-8-11-10-23-15(20-11)14-12(17)6-5-7-13(14)18/h5-7,10H,3-4,8-9H2,1-2H3,(H,19,22). The van der Waals surface area contributed by atoms with Crippen LogP contribution in [0.25, 0.3) is 10.6 Å². The van der Waals surface area contributed by atoms with Gasteiger partial charge in [0.1, 0.15) is 16.6 Å². The molecule has 0 spiro atoms. The Hall–Kier alpha value is -2.02. The minimum absolute atomic E-state index is 0.101. The van der Waals surface area contributed by atoms with Crippen LogP contribution < -0.4 is 5.32 Å². The molecule has 2 aromatic rings. The lowest BCUT2D eigenvalue weighted by Crippen LogP contribution is -2.40.